The fourth-order valence-electron chi connectivity index (χ4n) is 1.71. The topological polar surface area (TPSA) is 49.3 Å². The molecule has 0 aromatic heterocycles. The molecular weight excluding hydrogens is 330 g/mol. The Kier molecular flexibility index (Phi) is 8.74. The van der Waals surface area contributed by atoms with Gasteiger partial charge in [-0.15, -0.1) is 0 Å². The molecule has 5 nitrogen and oxygen atoms in total. The number of hydrogen-bond donors (Lipinski definition) is 0. The minimum absolute atomic E-state index is 0.149. The molecule has 0 aromatic carbocycles. The SMILES string of the molecule is CO/N=C/[C@@H](O[Si](C)(C)C)[C@H](CO[Si](C)(C)C)O[Si](C)(C)C. The van der Waals surface area contributed by atoms with Crippen LogP contribution in [0, 0.1) is 0 Å². The van der Waals surface area contributed by atoms with Gasteiger partial charge in [-0.05, 0) is 58.9 Å². The van der Waals surface area contributed by atoms with Gasteiger partial charge in [0.05, 0.1) is 18.9 Å². The van der Waals surface area contributed by atoms with E-state index in [0.29, 0.717) is 6.61 Å². The van der Waals surface area contributed by atoms with Crippen LogP contribution in [0.4, 0.5) is 0 Å². The summed E-state index contributed by atoms with van der Waals surface area (Å²) in [5.41, 5.74) is 0. The normalized spacial score (nSPS) is 16.8. The van der Waals surface area contributed by atoms with E-state index in [1.807, 2.05) is 0 Å². The highest BCUT2D eigenvalue weighted by atomic mass is 28.4. The fraction of sp³-hybridized carbons (Fsp3) is 0.929. The Hall–Kier alpha value is 0.000649. The van der Waals surface area contributed by atoms with E-state index in [9.17, 15) is 0 Å². The Labute approximate surface area is 139 Å². The molecule has 8 heteroatoms. The zero-order valence-electron chi connectivity index (χ0n) is 16.0. The highest BCUT2D eigenvalue weighted by Crippen LogP contribution is 2.18. The highest BCUT2D eigenvalue weighted by molar-refractivity contribution is 6.70. The second-order valence-corrected chi connectivity index (χ2v) is 21.8. The van der Waals surface area contributed by atoms with E-state index in [1.54, 1.807) is 6.21 Å². The van der Waals surface area contributed by atoms with Crippen molar-refractivity contribution >= 4 is 31.2 Å². The maximum atomic E-state index is 6.32. The average molecular weight is 366 g/mol. The number of nitrogens with zero attached hydrogens (tertiary/aromatic N) is 1. The molecule has 0 aliphatic heterocycles. The fourth-order valence-corrected chi connectivity index (χ4v) is 4.52. The molecule has 2 atom stereocenters. The minimum Gasteiger partial charge on any atom is -0.415 e. The van der Waals surface area contributed by atoms with Crippen LogP contribution in [0.1, 0.15) is 0 Å². The smallest absolute Gasteiger partial charge is 0.184 e. The van der Waals surface area contributed by atoms with Crippen molar-refractivity contribution in [1.29, 1.82) is 0 Å². The molecule has 0 radical (unpaired) electrons. The van der Waals surface area contributed by atoms with Gasteiger partial charge in [0.25, 0.3) is 0 Å². The first kappa shape index (κ1) is 22.0. The third kappa shape index (κ3) is 12.5. The summed E-state index contributed by atoms with van der Waals surface area (Å²) >= 11 is 0. The molecule has 0 unspecified atom stereocenters. The standard InChI is InChI=1S/C14H35NO4Si3/c1-16-15-11-13(18-21(5,6)7)14(19-22(8,9)10)12-17-20(2,3)4/h11,13-14H,12H2,1-10H3/b15-11+/t13-,14+/m1/s1. The molecule has 0 spiro atoms. The summed E-state index contributed by atoms with van der Waals surface area (Å²) in [6, 6.07) is 0. The second-order valence-electron chi connectivity index (χ2n) is 8.32. The first-order chi connectivity index (χ1) is 9.73. The van der Waals surface area contributed by atoms with E-state index in [1.165, 1.54) is 7.11 Å². The van der Waals surface area contributed by atoms with Gasteiger partial charge in [-0.1, -0.05) is 5.16 Å². The first-order valence-electron chi connectivity index (χ1n) is 7.80. The summed E-state index contributed by atoms with van der Waals surface area (Å²) in [4.78, 5) is 4.84. The Morgan fingerprint density at radius 3 is 1.68 bits per heavy atom. The van der Waals surface area contributed by atoms with Crippen LogP contribution in [0.25, 0.3) is 0 Å². The highest BCUT2D eigenvalue weighted by Gasteiger charge is 2.33. The van der Waals surface area contributed by atoms with Crippen LogP contribution in [0.2, 0.25) is 58.9 Å². The molecule has 0 N–H and O–H groups in total. The predicted molar refractivity (Wildman–Crippen MR) is 101 cm³/mol. The van der Waals surface area contributed by atoms with Gasteiger partial charge in [-0.3, -0.25) is 0 Å². The Bertz CT molecular complexity index is 345. The summed E-state index contributed by atoms with van der Waals surface area (Å²) in [5.74, 6) is 0. The van der Waals surface area contributed by atoms with E-state index in [-0.39, 0.29) is 12.2 Å². The lowest BCUT2D eigenvalue weighted by Crippen LogP contribution is -2.48. The van der Waals surface area contributed by atoms with Crippen molar-refractivity contribution in [3.63, 3.8) is 0 Å². The summed E-state index contributed by atoms with van der Waals surface area (Å²) in [5, 5.41) is 3.92. The molecule has 0 heterocycles. The number of oxime groups is 1. The van der Waals surface area contributed by atoms with Crippen molar-refractivity contribution in [2.24, 2.45) is 5.16 Å². The molecule has 0 aliphatic carbocycles. The van der Waals surface area contributed by atoms with Crippen LogP contribution in [0.5, 0.6) is 0 Å². The molecule has 0 fully saturated rings. The second kappa shape index (κ2) is 8.74. The molecule has 0 amide bonds. The van der Waals surface area contributed by atoms with E-state index in [0.717, 1.165) is 0 Å². The van der Waals surface area contributed by atoms with Crippen molar-refractivity contribution in [3.8, 4) is 0 Å². The van der Waals surface area contributed by atoms with E-state index in [4.69, 9.17) is 18.1 Å². The van der Waals surface area contributed by atoms with Crippen molar-refractivity contribution < 1.29 is 18.1 Å². The third-order valence-corrected chi connectivity index (χ3v) is 5.38. The molecule has 0 aromatic rings. The van der Waals surface area contributed by atoms with Gasteiger partial charge in [0.15, 0.2) is 25.0 Å². The van der Waals surface area contributed by atoms with Crippen LogP contribution in [0.3, 0.4) is 0 Å². The minimum atomic E-state index is -1.74. The zero-order valence-corrected chi connectivity index (χ0v) is 19.0. The number of rotatable bonds is 10. The van der Waals surface area contributed by atoms with Crippen LogP contribution < -0.4 is 0 Å². The van der Waals surface area contributed by atoms with E-state index >= 15 is 0 Å². The van der Waals surface area contributed by atoms with Gasteiger partial charge in [0, 0.05) is 0 Å². The molecule has 0 aliphatic rings. The first-order valence-corrected chi connectivity index (χ1v) is 18.0. The number of hydrogen-bond acceptors (Lipinski definition) is 5. The van der Waals surface area contributed by atoms with Crippen molar-refractivity contribution in [1.82, 2.24) is 0 Å². The molecule has 132 valence electrons. The lowest BCUT2D eigenvalue weighted by Gasteiger charge is -2.35. The van der Waals surface area contributed by atoms with Crippen molar-refractivity contribution in [3.05, 3.63) is 0 Å². The molecule has 0 rings (SSSR count). The maximum Gasteiger partial charge on any atom is 0.184 e. The third-order valence-electron chi connectivity index (χ3n) is 2.35. The largest absolute Gasteiger partial charge is 0.415 e. The molecule has 0 bridgehead atoms. The summed E-state index contributed by atoms with van der Waals surface area (Å²) < 4.78 is 18.7. The van der Waals surface area contributed by atoms with E-state index < -0.39 is 25.0 Å². The summed E-state index contributed by atoms with van der Waals surface area (Å²) in [6.45, 7) is 20.1. The Morgan fingerprint density at radius 2 is 1.32 bits per heavy atom. The van der Waals surface area contributed by atoms with Crippen LogP contribution in [-0.4, -0.2) is 57.1 Å². The Balaban J connectivity index is 5.19. The average Bonchev–Trinajstić information content (AvgIpc) is 2.26. The van der Waals surface area contributed by atoms with Crippen LogP contribution in [-0.2, 0) is 18.1 Å². The van der Waals surface area contributed by atoms with Crippen molar-refractivity contribution in [2.45, 2.75) is 71.1 Å². The monoisotopic (exact) mass is 365 g/mol. The van der Waals surface area contributed by atoms with Crippen molar-refractivity contribution in [2.75, 3.05) is 13.7 Å². The molecule has 22 heavy (non-hydrogen) atoms. The maximum absolute atomic E-state index is 6.32. The van der Waals surface area contributed by atoms with Gasteiger partial charge in [0.2, 0.25) is 0 Å². The van der Waals surface area contributed by atoms with Gasteiger partial charge < -0.3 is 18.1 Å². The van der Waals surface area contributed by atoms with E-state index in [2.05, 4.69) is 64.1 Å². The zero-order chi connectivity index (χ0) is 17.6. The van der Waals surface area contributed by atoms with Crippen LogP contribution in [0.15, 0.2) is 5.16 Å². The van der Waals surface area contributed by atoms with Gasteiger partial charge in [-0.25, -0.2) is 0 Å². The van der Waals surface area contributed by atoms with Gasteiger partial charge in [0.1, 0.15) is 13.2 Å². The van der Waals surface area contributed by atoms with Crippen LogP contribution >= 0.6 is 0 Å². The molecule has 0 saturated carbocycles. The quantitative estimate of drug-likeness (QED) is 0.334. The summed E-state index contributed by atoms with van der Waals surface area (Å²) in [7, 11) is -3.54. The van der Waals surface area contributed by atoms with Gasteiger partial charge >= 0.3 is 0 Å². The molecular formula is C14H35NO4Si3. The lowest BCUT2D eigenvalue weighted by molar-refractivity contribution is 0.0445. The lowest BCUT2D eigenvalue weighted by atomic mass is 10.2. The summed E-state index contributed by atoms with van der Waals surface area (Å²) in [6.07, 6.45) is 1.31. The molecule has 0 saturated heterocycles. The Morgan fingerprint density at radius 1 is 0.818 bits per heavy atom. The van der Waals surface area contributed by atoms with Gasteiger partial charge in [-0.2, -0.15) is 0 Å². The predicted octanol–water partition coefficient (Wildman–Crippen LogP) is 3.91.